The summed E-state index contributed by atoms with van der Waals surface area (Å²) in [5, 5.41) is 0. The molecule has 2 heteroatoms. The Morgan fingerprint density at radius 2 is 1.79 bits per heavy atom. The summed E-state index contributed by atoms with van der Waals surface area (Å²) in [6, 6.07) is 0. The summed E-state index contributed by atoms with van der Waals surface area (Å²) in [4.78, 5) is 0. The van der Waals surface area contributed by atoms with Gasteiger partial charge < -0.3 is 9.47 Å². The summed E-state index contributed by atoms with van der Waals surface area (Å²) in [5.41, 5.74) is 0. The van der Waals surface area contributed by atoms with Gasteiger partial charge >= 0.3 is 0 Å². The highest BCUT2D eigenvalue weighted by Gasteiger charge is 2.27. The van der Waals surface area contributed by atoms with E-state index in [-0.39, 0.29) is 0 Å². The van der Waals surface area contributed by atoms with Crippen molar-refractivity contribution < 1.29 is 9.47 Å². The molecule has 2 nitrogen and oxygen atoms in total. The Balaban J connectivity index is 2.41. The van der Waals surface area contributed by atoms with E-state index in [1.54, 1.807) is 7.11 Å². The van der Waals surface area contributed by atoms with Gasteiger partial charge in [-0.1, -0.05) is 26.2 Å². The third-order valence-corrected chi connectivity index (χ3v) is 3.38. The number of ether oxygens (including phenoxy) is 2. The molecule has 0 radical (unpaired) electrons. The van der Waals surface area contributed by atoms with E-state index in [4.69, 9.17) is 9.47 Å². The van der Waals surface area contributed by atoms with E-state index < -0.39 is 0 Å². The van der Waals surface area contributed by atoms with Gasteiger partial charge in [0.05, 0.1) is 12.7 Å². The monoisotopic (exact) mass is 200 g/mol. The zero-order valence-corrected chi connectivity index (χ0v) is 9.79. The second-order valence-electron chi connectivity index (χ2n) is 4.53. The quantitative estimate of drug-likeness (QED) is 0.679. The summed E-state index contributed by atoms with van der Waals surface area (Å²) < 4.78 is 10.8. The van der Waals surface area contributed by atoms with E-state index in [2.05, 4.69) is 6.92 Å². The van der Waals surface area contributed by atoms with Crippen LogP contribution in [-0.4, -0.2) is 26.9 Å². The molecule has 0 spiro atoms. The van der Waals surface area contributed by atoms with E-state index >= 15 is 0 Å². The first kappa shape index (κ1) is 12.0. The lowest BCUT2D eigenvalue weighted by Gasteiger charge is -2.33. The van der Waals surface area contributed by atoms with Gasteiger partial charge in [0.2, 0.25) is 0 Å². The lowest BCUT2D eigenvalue weighted by Crippen LogP contribution is -2.33. The first-order valence-corrected chi connectivity index (χ1v) is 5.81. The summed E-state index contributed by atoms with van der Waals surface area (Å²) in [7, 11) is 3.61. The standard InChI is InChI=1S/C12H24O2/c1-10(9-13-2)12(14-3)11-7-5-4-6-8-11/h10-12H,4-9H2,1-3H3. The summed E-state index contributed by atoms with van der Waals surface area (Å²) in [6.07, 6.45) is 7.24. The Kier molecular flexibility index (Phi) is 5.49. The zero-order valence-electron chi connectivity index (χ0n) is 9.79. The number of hydrogen-bond donors (Lipinski definition) is 0. The van der Waals surface area contributed by atoms with Crippen molar-refractivity contribution in [1.82, 2.24) is 0 Å². The molecule has 2 atom stereocenters. The van der Waals surface area contributed by atoms with Crippen molar-refractivity contribution in [1.29, 1.82) is 0 Å². The lowest BCUT2D eigenvalue weighted by molar-refractivity contribution is -0.0249. The van der Waals surface area contributed by atoms with Gasteiger partial charge in [0.25, 0.3) is 0 Å². The molecule has 1 aliphatic carbocycles. The molecule has 2 unspecified atom stereocenters. The maximum atomic E-state index is 5.62. The van der Waals surface area contributed by atoms with Crippen LogP contribution in [0.5, 0.6) is 0 Å². The van der Waals surface area contributed by atoms with E-state index in [1.165, 1.54) is 32.1 Å². The molecule has 0 amide bonds. The molecular weight excluding hydrogens is 176 g/mol. The number of hydrogen-bond acceptors (Lipinski definition) is 2. The van der Waals surface area contributed by atoms with Gasteiger partial charge in [-0.25, -0.2) is 0 Å². The van der Waals surface area contributed by atoms with Crippen LogP contribution in [0.15, 0.2) is 0 Å². The fourth-order valence-corrected chi connectivity index (χ4v) is 2.71. The van der Waals surface area contributed by atoms with Gasteiger partial charge in [-0.05, 0) is 18.8 Å². The van der Waals surface area contributed by atoms with Crippen LogP contribution >= 0.6 is 0 Å². The van der Waals surface area contributed by atoms with Crippen LogP contribution in [-0.2, 0) is 9.47 Å². The Morgan fingerprint density at radius 3 is 2.29 bits per heavy atom. The molecular formula is C12H24O2. The first-order valence-electron chi connectivity index (χ1n) is 5.81. The van der Waals surface area contributed by atoms with Crippen LogP contribution in [0.1, 0.15) is 39.0 Å². The van der Waals surface area contributed by atoms with Gasteiger partial charge in [0, 0.05) is 20.1 Å². The molecule has 0 bridgehead atoms. The molecule has 14 heavy (non-hydrogen) atoms. The van der Waals surface area contributed by atoms with Gasteiger partial charge in [-0.15, -0.1) is 0 Å². The summed E-state index contributed by atoms with van der Waals surface area (Å²) in [6.45, 7) is 3.04. The van der Waals surface area contributed by atoms with Gasteiger partial charge in [-0.2, -0.15) is 0 Å². The fraction of sp³-hybridized carbons (Fsp3) is 1.00. The van der Waals surface area contributed by atoms with Crippen molar-refractivity contribution in [3.05, 3.63) is 0 Å². The second-order valence-corrected chi connectivity index (χ2v) is 4.53. The zero-order chi connectivity index (χ0) is 10.4. The molecule has 1 saturated carbocycles. The average Bonchev–Trinajstić information content (AvgIpc) is 2.21. The minimum absolute atomic E-state index is 0.398. The van der Waals surface area contributed by atoms with E-state index in [9.17, 15) is 0 Å². The van der Waals surface area contributed by atoms with Gasteiger partial charge in [-0.3, -0.25) is 0 Å². The molecule has 84 valence electrons. The lowest BCUT2D eigenvalue weighted by atomic mass is 9.81. The van der Waals surface area contributed by atoms with Gasteiger partial charge in [0.15, 0.2) is 0 Å². The Hall–Kier alpha value is -0.0800. The van der Waals surface area contributed by atoms with Crippen molar-refractivity contribution in [3.63, 3.8) is 0 Å². The molecule has 1 aliphatic rings. The van der Waals surface area contributed by atoms with Gasteiger partial charge in [0.1, 0.15) is 0 Å². The largest absolute Gasteiger partial charge is 0.384 e. The highest BCUT2D eigenvalue weighted by Crippen LogP contribution is 2.31. The molecule has 0 saturated heterocycles. The molecule has 0 N–H and O–H groups in total. The highest BCUT2D eigenvalue weighted by molar-refractivity contribution is 4.78. The first-order chi connectivity index (χ1) is 6.79. The normalized spacial score (nSPS) is 23.4. The van der Waals surface area contributed by atoms with Crippen molar-refractivity contribution >= 4 is 0 Å². The Bertz CT molecular complexity index is 141. The summed E-state index contributed by atoms with van der Waals surface area (Å²) in [5.74, 6) is 1.28. The van der Waals surface area contributed by atoms with Crippen LogP contribution in [0.2, 0.25) is 0 Å². The predicted octanol–water partition coefficient (Wildman–Crippen LogP) is 2.86. The average molecular weight is 200 g/mol. The van der Waals surface area contributed by atoms with Crippen LogP contribution in [0.3, 0.4) is 0 Å². The minimum Gasteiger partial charge on any atom is -0.384 e. The SMILES string of the molecule is COCC(C)C(OC)C1CCCCC1. The van der Waals surface area contributed by atoms with E-state index in [1.807, 2.05) is 7.11 Å². The van der Waals surface area contributed by atoms with Crippen LogP contribution in [0.25, 0.3) is 0 Å². The molecule has 1 fully saturated rings. The molecule has 0 aliphatic heterocycles. The second kappa shape index (κ2) is 6.41. The van der Waals surface area contributed by atoms with E-state index in [0.717, 1.165) is 12.5 Å². The molecule has 0 aromatic carbocycles. The molecule has 0 aromatic rings. The van der Waals surface area contributed by atoms with Crippen molar-refractivity contribution in [3.8, 4) is 0 Å². The molecule has 0 heterocycles. The van der Waals surface area contributed by atoms with E-state index in [0.29, 0.717) is 12.0 Å². The Labute approximate surface area is 88.0 Å². The fourth-order valence-electron chi connectivity index (χ4n) is 2.71. The molecule has 1 rings (SSSR count). The number of rotatable bonds is 5. The van der Waals surface area contributed by atoms with Crippen molar-refractivity contribution in [2.75, 3.05) is 20.8 Å². The van der Waals surface area contributed by atoms with Crippen LogP contribution in [0.4, 0.5) is 0 Å². The third-order valence-electron chi connectivity index (χ3n) is 3.38. The van der Waals surface area contributed by atoms with Crippen LogP contribution in [0, 0.1) is 11.8 Å². The molecule has 0 aromatic heterocycles. The smallest absolute Gasteiger partial charge is 0.0646 e. The Morgan fingerprint density at radius 1 is 1.14 bits per heavy atom. The maximum Gasteiger partial charge on any atom is 0.0646 e. The van der Waals surface area contributed by atoms with Crippen molar-refractivity contribution in [2.24, 2.45) is 11.8 Å². The van der Waals surface area contributed by atoms with Crippen molar-refractivity contribution in [2.45, 2.75) is 45.1 Å². The highest BCUT2D eigenvalue weighted by atomic mass is 16.5. The summed E-state index contributed by atoms with van der Waals surface area (Å²) >= 11 is 0. The third kappa shape index (κ3) is 3.25. The topological polar surface area (TPSA) is 18.5 Å². The van der Waals surface area contributed by atoms with Crippen LogP contribution < -0.4 is 0 Å². The maximum absolute atomic E-state index is 5.62. The minimum atomic E-state index is 0.398. The number of methoxy groups -OCH3 is 2. The predicted molar refractivity (Wildman–Crippen MR) is 58.4 cm³/mol.